The Morgan fingerprint density at radius 3 is 2.92 bits per heavy atom. The van der Waals surface area contributed by atoms with Gasteiger partial charge in [-0.3, -0.25) is 4.79 Å². The molecule has 13 heavy (non-hydrogen) atoms. The maximum absolute atomic E-state index is 11.5. The standard InChI is InChI=1S/C9H16BrNOS/c1-7(6-13-2)5-11-4-3-8(10)9(11)12/h7-8H,3-6H2,1-2H3. The Hall–Kier alpha value is 0.300. The van der Waals surface area contributed by atoms with E-state index in [1.807, 2.05) is 16.7 Å². The van der Waals surface area contributed by atoms with Crippen LogP contribution in [0.3, 0.4) is 0 Å². The summed E-state index contributed by atoms with van der Waals surface area (Å²) in [5.74, 6) is 2.02. The van der Waals surface area contributed by atoms with Crippen LogP contribution in [-0.2, 0) is 4.79 Å². The van der Waals surface area contributed by atoms with E-state index >= 15 is 0 Å². The Morgan fingerprint density at radius 1 is 1.77 bits per heavy atom. The Morgan fingerprint density at radius 2 is 2.46 bits per heavy atom. The van der Waals surface area contributed by atoms with Crippen molar-refractivity contribution in [1.29, 1.82) is 0 Å². The van der Waals surface area contributed by atoms with Gasteiger partial charge in [-0.2, -0.15) is 11.8 Å². The summed E-state index contributed by atoms with van der Waals surface area (Å²) in [5.41, 5.74) is 0. The van der Waals surface area contributed by atoms with Crippen molar-refractivity contribution in [3.05, 3.63) is 0 Å². The van der Waals surface area contributed by atoms with E-state index in [0.717, 1.165) is 25.3 Å². The van der Waals surface area contributed by atoms with Crippen molar-refractivity contribution in [3.8, 4) is 0 Å². The van der Waals surface area contributed by atoms with Crippen molar-refractivity contribution in [1.82, 2.24) is 4.90 Å². The molecule has 0 aromatic heterocycles. The van der Waals surface area contributed by atoms with Crippen molar-refractivity contribution in [2.45, 2.75) is 18.2 Å². The quantitative estimate of drug-likeness (QED) is 0.725. The molecule has 2 nitrogen and oxygen atoms in total. The van der Waals surface area contributed by atoms with Gasteiger partial charge in [0, 0.05) is 13.1 Å². The van der Waals surface area contributed by atoms with Gasteiger partial charge in [0.1, 0.15) is 0 Å². The highest BCUT2D eigenvalue weighted by Crippen LogP contribution is 2.20. The Bertz CT molecular complexity index is 188. The number of carbonyl (C=O) groups excluding carboxylic acids is 1. The lowest BCUT2D eigenvalue weighted by atomic mass is 10.2. The molecule has 1 fully saturated rings. The van der Waals surface area contributed by atoms with Crippen molar-refractivity contribution in [2.75, 3.05) is 25.1 Å². The molecule has 0 saturated carbocycles. The third-order valence-electron chi connectivity index (χ3n) is 2.22. The van der Waals surface area contributed by atoms with Gasteiger partial charge in [-0.1, -0.05) is 22.9 Å². The number of rotatable bonds is 4. The van der Waals surface area contributed by atoms with Crippen molar-refractivity contribution < 1.29 is 4.79 Å². The molecule has 0 bridgehead atoms. The highest BCUT2D eigenvalue weighted by Gasteiger charge is 2.29. The predicted octanol–water partition coefficient (Wildman–Crippen LogP) is 1.98. The Balaban J connectivity index is 2.33. The number of nitrogens with zero attached hydrogens (tertiary/aromatic N) is 1. The van der Waals surface area contributed by atoms with Crippen LogP contribution in [-0.4, -0.2) is 40.7 Å². The third-order valence-corrected chi connectivity index (χ3v) is 3.97. The molecule has 1 amide bonds. The van der Waals surface area contributed by atoms with E-state index < -0.39 is 0 Å². The van der Waals surface area contributed by atoms with E-state index in [1.54, 1.807) is 0 Å². The summed E-state index contributed by atoms with van der Waals surface area (Å²) in [4.78, 5) is 13.6. The topological polar surface area (TPSA) is 20.3 Å². The first-order valence-electron chi connectivity index (χ1n) is 4.57. The van der Waals surface area contributed by atoms with Crippen molar-refractivity contribution in [2.24, 2.45) is 5.92 Å². The number of carbonyl (C=O) groups is 1. The maximum Gasteiger partial charge on any atom is 0.236 e. The molecule has 4 heteroatoms. The largest absolute Gasteiger partial charge is 0.341 e. The van der Waals surface area contributed by atoms with Gasteiger partial charge in [0.25, 0.3) is 0 Å². The van der Waals surface area contributed by atoms with Gasteiger partial charge in [0.05, 0.1) is 4.83 Å². The normalized spacial score (nSPS) is 25.3. The number of halogens is 1. The Kier molecular flexibility index (Phi) is 4.59. The number of thioether (sulfide) groups is 1. The van der Waals surface area contributed by atoms with E-state index in [2.05, 4.69) is 29.1 Å². The maximum atomic E-state index is 11.5. The second-order valence-electron chi connectivity index (χ2n) is 3.60. The molecule has 1 heterocycles. The molecule has 0 radical (unpaired) electrons. The zero-order valence-corrected chi connectivity index (χ0v) is 10.5. The van der Waals surface area contributed by atoms with Crippen molar-refractivity contribution in [3.63, 3.8) is 0 Å². The second-order valence-corrected chi connectivity index (χ2v) is 5.62. The first-order chi connectivity index (χ1) is 6.15. The zero-order valence-electron chi connectivity index (χ0n) is 8.12. The van der Waals surface area contributed by atoms with Crippen LogP contribution < -0.4 is 0 Å². The lowest BCUT2D eigenvalue weighted by Crippen LogP contribution is -2.32. The second kappa shape index (κ2) is 5.25. The van der Waals surface area contributed by atoms with Gasteiger partial charge in [-0.25, -0.2) is 0 Å². The van der Waals surface area contributed by atoms with Crippen LogP contribution in [0.4, 0.5) is 0 Å². The van der Waals surface area contributed by atoms with Crippen LogP contribution in [0.25, 0.3) is 0 Å². The third kappa shape index (κ3) is 3.17. The van der Waals surface area contributed by atoms with Crippen LogP contribution >= 0.6 is 27.7 Å². The molecule has 76 valence electrons. The first kappa shape index (κ1) is 11.4. The molecule has 2 unspecified atom stereocenters. The molecular formula is C9H16BrNOS. The van der Waals surface area contributed by atoms with E-state index in [-0.39, 0.29) is 10.7 Å². The van der Waals surface area contributed by atoms with Crippen LogP contribution in [0.15, 0.2) is 0 Å². The minimum absolute atomic E-state index is 0.0778. The first-order valence-corrected chi connectivity index (χ1v) is 6.88. The smallest absolute Gasteiger partial charge is 0.236 e. The number of amides is 1. The molecular weight excluding hydrogens is 250 g/mol. The molecule has 2 atom stereocenters. The number of hydrogen-bond donors (Lipinski definition) is 0. The molecule has 0 aromatic carbocycles. The number of alkyl halides is 1. The fourth-order valence-corrected chi connectivity index (χ4v) is 2.76. The van der Waals surface area contributed by atoms with Crippen LogP contribution in [0.2, 0.25) is 0 Å². The van der Waals surface area contributed by atoms with E-state index in [9.17, 15) is 4.79 Å². The lowest BCUT2D eigenvalue weighted by molar-refractivity contribution is -0.127. The molecule has 0 aliphatic carbocycles. The Labute approximate surface area is 92.6 Å². The minimum Gasteiger partial charge on any atom is -0.341 e. The molecule has 1 aliphatic heterocycles. The number of likely N-dealkylation sites (tertiary alicyclic amines) is 1. The van der Waals surface area contributed by atoms with Gasteiger partial charge in [-0.05, 0) is 24.3 Å². The summed E-state index contributed by atoms with van der Waals surface area (Å²) >= 11 is 5.22. The van der Waals surface area contributed by atoms with Gasteiger partial charge in [-0.15, -0.1) is 0 Å². The fourth-order valence-electron chi connectivity index (χ4n) is 1.60. The molecule has 0 spiro atoms. The molecule has 1 saturated heterocycles. The van der Waals surface area contributed by atoms with E-state index in [1.165, 1.54) is 0 Å². The average molecular weight is 266 g/mol. The van der Waals surface area contributed by atoms with E-state index in [0.29, 0.717) is 5.92 Å². The zero-order chi connectivity index (χ0) is 9.84. The summed E-state index contributed by atoms with van der Waals surface area (Å²) in [6.07, 6.45) is 3.07. The van der Waals surface area contributed by atoms with Gasteiger partial charge in [0.2, 0.25) is 5.91 Å². The minimum atomic E-state index is 0.0778. The molecule has 1 rings (SSSR count). The van der Waals surface area contributed by atoms with Gasteiger partial charge < -0.3 is 4.90 Å². The monoisotopic (exact) mass is 265 g/mol. The lowest BCUT2D eigenvalue weighted by Gasteiger charge is -2.20. The SMILES string of the molecule is CSCC(C)CN1CCC(Br)C1=O. The number of hydrogen-bond acceptors (Lipinski definition) is 2. The van der Waals surface area contributed by atoms with E-state index in [4.69, 9.17) is 0 Å². The summed E-state index contributed by atoms with van der Waals surface area (Å²) in [6, 6.07) is 0. The van der Waals surface area contributed by atoms with Crippen LogP contribution in [0.5, 0.6) is 0 Å². The molecule has 0 N–H and O–H groups in total. The molecule has 1 aliphatic rings. The van der Waals surface area contributed by atoms with Gasteiger partial charge >= 0.3 is 0 Å². The highest BCUT2D eigenvalue weighted by molar-refractivity contribution is 9.10. The van der Waals surface area contributed by atoms with Crippen LogP contribution in [0.1, 0.15) is 13.3 Å². The predicted molar refractivity (Wildman–Crippen MR) is 61.5 cm³/mol. The van der Waals surface area contributed by atoms with Gasteiger partial charge in [0.15, 0.2) is 0 Å². The summed E-state index contributed by atoms with van der Waals surface area (Å²) in [6.45, 7) is 4.04. The molecule has 0 aromatic rings. The summed E-state index contributed by atoms with van der Waals surface area (Å²) in [7, 11) is 0. The van der Waals surface area contributed by atoms with Crippen molar-refractivity contribution >= 4 is 33.6 Å². The highest BCUT2D eigenvalue weighted by atomic mass is 79.9. The average Bonchev–Trinajstić information content (AvgIpc) is 2.37. The summed E-state index contributed by atoms with van der Waals surface area (Å²) < 4.78 is 0. The van der Waals surface area contributed by atoms with Crippen LogP contribution in [0, 0.1) is 5.92 Å². The fraction of sp³-hybridized carbons (Fsp3) is 0.889. The summed E-state index contributed by atoms with van der Waals surface area (Å²) in [5, 5.41) is 0.